The summed E-state index contributed by atoms with van der Waals surface area (Å²) >= 11 is 0. The SMILES string of the molecule is C/C=C(F)\C(C)=C(\F)CC. The summed E-state index contributed by atoms with van der Waals surface area (Å²) in [6.07, 6.45) is 1.51. The first-order valence-electron chi connectivity index (χ1n) is 3.30. The summed E-state index contributed by atoms with van der Waals surface area (Å²) < 4.78 is 25.1. The molecule has 0 heterocycles. The third-order valence-corrected chi connectivity index (χ3v) is 1.33. The fourth-order valence-electron chi connectivity index (χ4n) is 0.611. The molecule has 10 heavy (non-hydrogen) atoms. The third kappa shape index (κ3) is 2.29. The van der Waals surface area contributed by atoms with Crippen LogP contribution in [-0.4, -0.2) is 0 Å². The van der Waals surface area contributed by atoms with Crippen LogP contribution in [0.25, 0.3) is 0 Å². The van der Waals surface area contributed by atoms with Gasteiger partial charge in [0, 0.05) is 5.57 Å². The van der Waals surface area contributed by atoms with Gasteiger partial charge in [0.15, 0.2) is 0 Å². The Morgan fingerprint density at radius 1 is 1.40 bits per heavy atom. The molecule has 0 unspecified atom stereocenters. The van der Waals surface area contributed by atoms with Gasteiger partial charge in [-0.1, -0.05) is 13.0 Å². The van der Waals surface area contributed by atoms with Crippen LogP contribution in [0, 0.1) is 0 Å². The van der Waals surface area contributed by atoms with E-state index in [1.807, 2.05) is 0 Å². The van der Waals surface area contributed by atoms with Gasteiger partial charge < -0.3 is 0 Å². The molecule has 0 fully saturated rings. The van der Waals surface area contributed by atoms with Gasteiger partial charge in [-0.3, -0.25) is 0 Å². The molecule has 2 heteroatoms. The normalized spacial score (nSPS) is 15.1. The summed E-state index contributed by atoms with van der Waals surface area (Å²) in [6, 6.07) is 0. The minimum absolute atomic E-state index is 0.116. The Hall–Kier alpha value is -0.660. The molecule has 0 radical (unpaired) electrons. The number of allylic oxidation sites excluding steroid dienone is 4. The van der Waals surface area contributed by atoms with Crippen molar-refractivity contribution in [3.8, 4) is 0 Å². The van der Waals surface area contributed by atoms with Crippen LogP contribution in [0.15, 0.2) is 23.3 Å². The van der Waals surface area contributed by atoms with Crippen molar-refractivity contribution >= 4 is 0 Å². The maximum Gasteiger partial charge on any atom is 0.124 e. The van der Waals surface area contributed by atoms with Crippen LogP contribution in [0.3, 0.4) is 0 Å². The lowest BCUT2D eigenvalue weighted by molar-refractivity contribution is 0.569. The van der Waals surface area contributed by atoms with E-state index in [4.69, 9.17) is 0 Å². The molecule has 0 aliphatic heterocycles. The highest BCUT2D eigenvalue weighted by atomic mass is 19.1. The summed E-state index contributed by atoms with van der Waals surface area (Å²) in [4.78, 5) is 0. The van der Waals surface area contributed by atoms with E-state index in [0.717, 1.165) is 0 Å². The Bertz CT molecular complexity index is 166. The molecule has 0 rings (SSSR count). The minimum atomic E-state index is -0.473. The van der Waals surface area contributed by atoms with Crippen molar-refractivity contribution in [1.82, 2.24) is 0 Å². The van der Waals surface area contributed by atoms with Crippen molar-refractivity contribution in [3.05, 3.63) is 23.3 Å². The molecule has 0 amide bonds. The fourth-order valence-corrected chi connectivity index (χ4v) is 0.611. The molecule has 0 N–H and O–H groups in total. The van der Waals surface area contributed by atoms with Crippen molar-refractivity contribution in [2.24, 2.45) is 0 Å². The molecule has 0 aliphatic rings. The van der Waals surface area contributed by atoms with Gasteiger partial charge in [-0.25, -0.2) is 8.78 Å². The molecule has 0 saturated carbocycles. The molecule has 0 saturated heterocycles. The van der Waals surface area contributed by atoms with Gasteiger partial charge in [-0.15, -0.1) is 0 Å². The van der Waals surface area contributed by atoms with E-state index in [1.165, 1.54) is 13.0 Å². The van der Waals surface area contributed by atoms with Crippen LogP contribution >= 0.6 is 0 Å². The summed E-state index contributed by atoms with van der Waals surface area (Å²) in [6.45, 7) is 4.64. The van der Waals surface area contributed by atoms with Crippen LogP contribution < -0.4 is 0 Å². The smallest absolute Gasteiger partial charge is 0.124 e. The highest BCUT2D eigenvalue weighted by molar-refractivity contribution is 5.24. The molecule has 0 aliphatic carbocycles. The molecule has 0 aromatic heterocycles. The van der Waals surface area contributed by atoms with Crippen LogP contribution in [0.2, 0.25) is 0 Å². The molecular weight excluding hydrogens is 134 g/mol. The molecule has 0 aromatic carbocycles. The maximum absolute atomic E-state index is 12.6. The number of rotatable bonds is 2. The van der Waals surface area contributed by atoms with E-state index in [-0.39, 0.29) is 17.8 Å². The van der Waals surface area contributed by atoms with E-state index in [9.17, 15) is 8.78 Å². The van der Waals surface area contributed by atoms with E-state index in [1.54, 1.807) is 13.8 Å². The second-order valence-electron chi connectivity index (χ2n) is 2.02. The van der Waals surface area contributed by atoms with Gasteiger partial charge in [0.2, 0.25) is 0 Å². The topological polar surface area (TPSA) is 0 Å². The van der Waals surface area contributed by atoms with Gasteiger partial charge in [-0.2, -0.15) is 0 Å². The molecular formula is C8H12F2. The van der Waals surface area contributed by atoms with Gasteiger partial charge in [-0.05, 0) is 20.3 Å². The molecule has 0 atom stereocenters. The summed E-state index contributed by atoms with van der Waals surface area (Å²) in [5.41, 5.74) is 0.116. The molecule has 0 nitrogen and oxygen atoms in total. The molecule has 0 spiro atoms. The van der Waals surface area contributed by atoms with Crippen molar-refractivity contribution in [1.29, 1.82) is 0 Å². The largest absolute Gasteiger partial charge is 0.211 e. The van der Waals surface area contributed by atoms with Crippen molar-refractivity contribution in [2.45, 2.75) is 27.2 Å². The fraction of sp³-hybridized carbons (Fsp3) is 0.500. The zero-order valence-corrected chi connectivity index (χ0v) is 6.54. The maximum atomic E-state index is 12.6. The van der Waals surface area contributed by atoms with Crippen LogP contribution in [-0.2, 0) is 0 Å². The quantitative estimate of drug-likeness (QED) is 0.523. The first-order valence-corrected chi connectivity index (χ1v) is 3.30. The van der Waals surface area contributed by atoms with Gasteiger partial charge in [0.25, 0.3) is 0 Å². The van der Waals surface area contributed by atoms with Gasteiger partial charge >= 0.3 is 0 Å². The lowest BCUT2D eigenvalue weighted by Gasteiger charge is -1.97. The van der Waals surface area contributed by atoms with E-state index >= 15 is 0 Å². The standard InChI is InChI=1S/C8H12F2/c1-4-7(9)6(3)8(10)5-2/h4H,5H2,1-3H3/b7-4+,8-6+. The Morgan fingerprint density at radius 3 is 2.20 bits per heavy atom. The van der Waals surface area contributed by atoms with E-state index in [2.05, 4.69) is 0 Å². The van der Waals surface area contributed by atoms with Crippen LogP contribution in [0.1, 0.15) is 27.2 Å². The zero-order chi connectivity index (χ0) is 8.15. The lowest BCUT2D eigenvalue weighted by atomic mass is 10.2. The number of hydrogen-bond acceptors (Lipinski definition) is 0. The second-order valence-corrected chi connectivity index (χ2v) is 2.02. The van der Waals surface area contributed by atoms with E-state index in [0.29, 0.717) is 0 Å². The van der Waals surface area contributed by atoms with Gasteiger partial charge in [0.05, 0.1) is 0 Å². The number of hydrogen-bond donors (Lipinski definition) is 0. The highest BCUT2D eigenvalue weighted by Gasteiger charge is 2.02. The Balaban J connectivity index is 4.46. The first-order chi connectivity index (χ1) is 4.63. The van der Waals surface area contributed by atoms with Crippen LogP contribution in [0.5, 0.6) is 0 Å². The van der Waals surface area contributed by atoms with E-state index < -0.39 is 5.83 Å². The average Bonchev–Trinajstić information content (AvgIpc) is 2.00. The molecule has 58 valence electrons. The minimum Gasteiger partial charge on any atom is -0.211 e. The third-order valence-electron chi connectivity index (χ3n) is 1.33. The predicted molar refractivity (Wildman–Crippen MR) is 39.0 cm³/mol. The highest BCUT2D eigenvalue weighted by Crippen LogP contribution is 2.18. The van der Waals surface area contributed by atoms with Gasteiger partial charge in [0.1, 0.15) is 11.7 Å². The van der Waals surface area contributed by atoms with Crippen molar-refractivity contribution in [3.63, 3.8) is 0 Å². The monoisotopic (exact) mass is 146 g/mol. The van der Waals surface area contributed by atoms with Crippen LogP contribution in [0.4, 0.5) is 8.78 Å². The molecule has 0 aromatic rings. The zero-order valence-electron chi connectivity index (χ0n) is 6.54. The second kappa shape index (κ2) is 4.20. The van der Waals surface area contributed by atoms with Crippen molar-refractivity contribution < 1.29 is 8.78 Å². The number of halogens is 2. The summed E-state index contributed by atoms with van der Waals surface area (Å²) in [5.74, 6) is -0.852. The summed E-state index contributed by atoms with van der Waals surface area (Å²) in [5, 5.41) is 0. The summed E-state index contributed by atoms with van der Waals surface area (Å²) in [7, 11) is 0. The average molecular weight is 146 g/mol. The molecule has 0 bridgehead atoms. The Morgan fingerprint density at radius 2 is 1.90 bits per heavy atom. The lowest BCUT2D eigenvalue weighted by Crippen LogP contribution is -1.81. The predicted octanol–water partition coefficient (Wildman–Crippen LogP) is 3.51. The Labute approximate surface area is 60.2 Å². The van der Waals surface area contributed by atoms with Crippen molar-refractivity contribution in [2.75, 3.05) is 0 Å². The Kier molecular flexibility index (Phi) is 3.93. The first kappa shape index (κ1) is 9.34.